The molecule has 0 aliphatic heterocycles. The van der Waals surface area contributed by atoms with E-state index in [4.69, 9.17) is 23.2 Å². The van der Waals surface area contributed by atoms with Crippen molar-refractivity contribution < 1.29 is 14.7 Å². The number of carboxylic acids is 1. The van der Waals surface area contributed by atoms with Crippen molar-refractivity contribution in [2.45, 2.75) is 32.2 Å². The lowest BCUT2D eigenvalue weighted by molar-refractivity contribution is -0.146. The van der Waals surface area contributed by atoms with Gasteiger partial charge in [-0.3, -0.25) is 4.79 Å². The molecule has 1 amide bonds. The molecule has 114 valence electrons. The number of carboxylic acid groups (broad SMARTS) is 1. The first-order valence-corrected chi connectivity index (χ1v) is 7.23. The van der Waals surface area contributed by atoms with Crippen LogP contribution in [-0.2, 0) is 9.59 Å². The van der Waals surface area contributed by atoms with Crippen LogP contribution in [0.1, 0.15) is 32.3 Å². The van der Waals surface area contributed by atoms with Crippen LogP contribution >= 0.6 is 23.2 Å². The number of hydrogen-bond donors (Lipinski definition) is 2. The maximum absolute atomic E-state index is 11.9. The Morgan fingerprint density at radius 2 is 2.05 bits per heavy atom. The number of carbonyl (C=O) groups is 2. The Hall–Kier alpha value is -1.52. The fourth-order valence-electron chi connectivity index (χ4n) is 1.84. The summed E-state index contributed by atoms with van der Waals surface area (Å²) in [6, 6.07) is 4.89. The van der Waals surface area contributed by atoms with Crippen molar-refractivity contribution in [2.24, 2.45) is 0 Å². The van der Waals surface area contributed by atoms with Crippen molar-refractivity contribution in [3.63, 3.8) is 0 Å². The smallest absolute Gasteiger partial charge is 0.329 e. The van der Waals surface area contributed by atoms with Crippen LogP contribution in [0.4, 0.5) is 0 Å². The van der Waals surface area contributed by atoms with E-state index >= 15 is 0 Å². The highest BCUT2D eigenvalue weighted by atomic mass is 35.5. The molecular formula is C15H17Cl2NO3. The second-order valence-electron chi connectivity index (χ2n) is 4.88. The lowest BCUT2D eigenvalue weighted by atomic mass is 9.96. The van der Waals surface area contributed by atoms with Crippen molar-refractivity contribution in [1.82, 2.24) is 5.32 Å². The largest absolute Gasteiger partial charge is 0.480 e. The minimum Gasteiger partial charge on any atom is -0.480 e. The Morgan fingerprint density at radius 3 is 2.62 bits per heavy atom. The summed E-state index contributed by atoms with van der Waals surface area (Å²) < 4.78 is 0. The van der Waals surface area contributed by atoms with Gasteiger partial charge in [-0.25, -0.2) is 4.79 Å². The maximum Gasteiger partial charge on any atom is 0.329 e. The Morgan fingerprint density at radius 1 is 1.38 bits per heavy atom. The van der Waals surface area contributed by atoms with Crippen molar-refractivity contribution >= 4 is 41.2 Å². The van der Waals surface area contributed by atoms with Gasteiger partial charge >= 0.3 is 5.97 Å². The van der Waals surface area contributed by atoms with Crippen molar-refractivity contribution in [1.29, 1.82) is 0 Å². The molecule has 0 aliphatic carbocycles. The van der Waals surface area contributed by atoms with Gasteiger partial charge in [0.05, 0.1) is 0 Å². The zero-order valence-electron chi connectivity index (χ0n) is 11.8. The van der Waals surface area contributed by atoms with Gasteiger partial charge in [-0.05, 0) is 43.2 Å². The summed E-state index contributed by atoms with van der Waals surface area (Å²) in [5.74, 6) is -1.56. The minimum absolute atomic E-state index is 0.347. The van der Waals surface area contributed by atoms with Crippen LogP contribution in [0.25, 0.3) is 6.08 Å². The third-order valence-corrected chi connectivity index (χ3v) is 3.57. The number of rotatable bonds is 6. The van der Waals surface area contributed by atoms with E-state index in [2.05, 4.69) is 5.32 Å². The summed E-state index contributed by atoms with van der Waals surface area (Å²) in [7, 11) is 0. The fraction of sp³-hybridized carbons (Fsp3) is 0.333. The molecule has 0 spiro atoms. The molecule has 0 aromatic heterocycles. The van der Waals surface area contributed by atoms with Crippen LogP contribution < -0.4 is 5.32 Å². The number of carbonyl (C=O) groups excluding carboxylic acids is 1. The zero-order valence-corrected chi connectivity index (χ0v) is 13.3. The van der Waals surface area contributed by atoms with E-state index in [1.807, 2.05) is 6.92 Å². The summed E-state index contributed by atoms with van der Waals surface area (Å²) in [5, 5.41) is 12.7. The van der Waals surface area contributed by atoms with Gasteiger partial charge in [0.1, 0.15) is 5.54 Å². The number of hydrogen-bond acceptors (Lipinski definition) is 2. The van der Waals surface area contributed by atoms with Gasteiger partial charge in [-0.2, -0.15) is 0 Å². The third-order valence-electron chi connectivity index (χ3n) is 2.99. The number of aliphatic carboxylic acids is 1. The van der Waals surface area contributed by atoms with E-state index in [0.29, 0.717) is 28.5 Å². The first-order valence-electron chi connectivity index (χ1n) is 6.47. The Labute approximate surface area is 133 Å². The first-order chi connectivity index (χ1) is 9.78. The molecule has 21 heavy (non-hydrogen) atoms. The summed E-state index contributed by atoms with van der Waals surface area (Å²) in [6.07, 6.45) is 3.74. The van der Waals surface area contributed by atoms with Crippen molar-refractivity contribution in [2.75, 3.05) is 0 Å². The molecular weight excluding hydrogens is 313 g/mol. The molecule has 2 N–H and O–H groups in total. The summed E-state index contributed by atoms with van der Waals surface area (Å²) in [5.41, 5.74) is -0.694. The molecule has 6 heteroatoms. The average Bonchev–Trinajstić information content (AvgIpc) is 2.40. The lowest BCUT2D eigenvalue weighted by Gasteiger charge is -2.24. The normalized spacial score (nSPS) is 13.9. The van der Waals surface area contributed by atoms with Crippen molar-refractivity contribution in [3.8, 4) is 0 Å². The summed E-state index contributed by atoms with van der Waals surface area (Å²) in [4.78, 5) is 23.1. The van der Waals surface area contributed by atoms with Crippen LogP contribution in [-0.4, -0.2) is 22.5 Å². The van der Waals surface area contributed by atoms with E-state index < -0.39 is 17.4 Å². The molecule has 1 unspecified atom stereocenters. The van der Waals surface area contributed by atoms with E-state index in [9.17, 15) is 14.7 Å². The quantitative estimate of drug-likeness (QED) is 0.781. The molecule has 4 nitrogen and oxygen atoms in total. The topological polar surface area (TPSA) is 66.4 Å². The van der Waals surface area contributed by atoms with Crippen LogP contribution in [0.2, 0.25) is 10.0 Å². The van der Waals surface area contributed by atoms with E-state index in [1.54, 1.807) is 18.2 Å². The standard InChI is InChI=1S/C15H17Cl2NO3/c1-3-8-15(2,14(20)21)18-13(19)7-4-10-9-11(16)5-6-12(10)17/h4-7,9H,3,8H2,1-2H3,(H,18,19)(H,20,21)/b7-4+. The second-order valence-corrected chi connectivity index (χ2v) is 5.72. The first kappa shape index (κ1) is 17.5. The predicted octanol–water partition coefficient (Wildman–Crippen LogP) is 3.77. The van der Waals surface area contributed by atoms with Gasteiger partial charge in [0, 0.05) is 16.1 Å². The molecule has 0 heterocycles. The number of nitrogens with one attached hydrogen (secondary N) is 1. The molecule has 0 fully saturated rings. The predicted molar refractivity (Wildman–Crippen MR) is 84.6 cm³/mol. The van der Waals surface area contributed by atoms with Crippen LogP contribution in [0, 0.1) is 0 Å². The van der Waals surface area contributed by atoms with Crippen LogP contribution in [0.5, 0.6) is 0 Å². The maximum atomic E-state index is 11.9. The Balaban J connectivity index is 2.83. The lowest BCUT2D eigenvalue weighted by Crippen LogP contribution is -2.51. The van der Waals surface area contributed by atoms with E-state index in [-0.39, 0.29) is 0 Å². The van der Waals surface area contributed by atoms with Gasteiger partial charge in [0.25, 0.3) is 0 Å². The van der Waals surface area contributed by atoms with E-state index in [0.717, 1.165) is 0 Å². The van der Waals surface area contributed by atoms with Gasteiger partial charge < -0.3 is 10.4 Å². The highest BCUT2D eigenvalue weighted by Gasteiger charge is 2.33. The summed E-state index contributed by atoms with van der Waals surface area (Å²) in [6.45, 7) is 3.34. The van der Waals surface area contributed by atoms with Crippen LogP contribution in [0.3, 0.4) is 0 Å². The van der Waals surface area contributed by atoms with E-state index in [1.165, 1.54) is 19.1 Å². The van der Waals surface area contributed by atoms with Gasteiger partial charge in [-0.1, -0.05) is 36.5 Å². The molecule has 1 rings (SSSR count). The van der Waals surface area contributed by atoms with Crippen LogP contribution in [0.15, 0.2) is 24.3 Å². The van der Waals surface area contributed by atoms with Crippen molar-refractivity contribution in [3.05, 3.63) is 39.9 Å². The zero-order chi connectivity index (χ0) is 16.0. The second kappa shape index (κ2) is 7.48. The highest BCUT2D eigenvalue weighted by molar-refractivity contribution is 6.34. The number of benzene rings is 1. The van der Waals surface area contributed by atoms with Gasteiger partial charge in [-0.15, -0.1) is 0 Å². The molecule has 0 saturated carbocycles. The minimum atomic E-state index is -1.28. The molecule has 1 aromatic carbocycles. The number of amides is 1. The monoisotopic (exact) mass is 329 g/mol. The Bertz CT molecular complexity index is 572. The highest BCUT2D eigenvalue weighted by Crippen LogP contribution is 2.21. The number of halogens is 2. The van der Waals surface area contributed by atoms with Gasteiger partial charge in [0.15, 0.2) is 0 Å². The van der Waals surface area contributed by atoms with Gasteiger partial charge in [0.2, 0.25) is 5.91 Å². The molecule has 1 aromatic rings. The summed E-state index contributed by atoms with van der Waals surface area (Å²) >= 11 is 11.8. The average molecular weight is 330 g/mol. The molecule has 0 radical (unpaired) electrons. The third kappa shape index (κ3) is 5.06. The Kier molecular flexibility index (Phi) is 6.24. The molecule has 1 atom stereocenters. The molecule has 0 aliphatic rings. The molecule has 0 bridgehead atoms. The SMILES string of the molecule is CCCC(C)(NC(=O)/C=C/c1cc(Cl)ccc1Cl)C(=O)O. The fourth-order valence-corrected chi connectivity index (χ4v) is 2.21. The molecule has 0 saturated heterocycles.